The number of hydrogen-bond acceptors (Lipinski definition) is 3. The molecule has 1 heterocycles. The van der Waals surface area contributed by atoms with E-state index in [0.29, 0.717) is 0 Å². The van der Waals surface area contributed by atoms with Gasteiger partial charge >= 0.3 is 0 Å². The number of benzene rings is 15. The lowest BCUT2D eigenvalue weighted by Gasteiger charge is -2.32. The Balaban J connectivity index is 0.000000154. The number of nitrogens with zero attached hydrogens (tertiary/aromatic N) is 4. The Morgan fingerprint density at radius 2 is 0.570 bits per heavy atom. The zero-order chi connectivity index (χ0) is 62.2. The molecule has 1 aromatic heterocycles. The van der Waals surface area contributed by atoms with Crippen LogP contribution in [0.5, 0.6) is 0 Å². The van der Waals surface area contributed by atoms with Crippen molar-refractivity contribution in [2.45, 2.75) is 19.3 Å². The van der Waals surface area contributed by atoms with Gasteiger partial charge in [-0.05, 0) is 160 Å². The normalized spacial score (nSPS) is 12.1. The minimum absolute atomic E-state index is 0.0864. The van der Waals surface area contributed by atoms with Gasteiger partial charge in [0, 0.05) is 83.2 Å². The summed E-state index contributed by atoms with van der Waals surface area (Å²) in [5, 5.41) is 7.30. The maximum absolute atomic E-state index is 2.41. The molecule has 0 fully saturated rings. The molecule has 4 heteroatoms. The molecule has 442 valence electrons. The third kappa shape index (κ3) is 10.2. The van der Waals surface area contributed by atoms with Crippen LogP contribution in [-0.2, 0) is 5.41 Å². The van der Waals surface area contributed by atoms with Gasteiger partial charge in [-0.25, -0.2) is 0 Å². The molecular weight excluding hydrogens is 1130 g/mol. The predicted octanol–water partition coefficient (Wildman–Crippen LogP) is 24.8. The lowest BCUT2D eigenvalue weighted by molar-refractivity contribution is 0.660. The molecule has 0 atom stereocenters. The Morgan fingerprint density at radius 3 is 1.06 bits per heavy atom. The van der Waals surface area contributed by atoms with Gasteiger partial charge < -0.3 is 19.3 Å². The largest absolute Gasteiger partial charge is 0.310 e. The molecule has 1 aliphatic carbocycles. The van der Waals surface area contributed by atoms with E-state index in [2.05, 4.69) is 397 Å². The number of rotatable bonds is 12. The number of anilines is 9. The van der Waals surface area contributed by atoms with E-state index in [9.17, 15) is 0 Å². The van der Waals surface area contributed by atoms with E-state index in [4.69, 9.17) is 0 Å². The average molecular weight is 1190 g/mol. The summed E-state index contributed by atoms with van der Waals surface area (Å²) in [6.07, 6.45) is 0. The quantitative estimate of drug-likeness (QED) is 0.0895. The summed E-state index contributed by atoms with van der Waals surface area (Å²) in [6, 6.07) is 131. The van der Waals surface area contributed by atoms with Crippen LogP contribution in [0.3, 0.4) is 0 Å². The molecule has 0 unspecified atom stereocenters. The van der Waals surface area contributed by atoms with Crippen LogP contribution in [-0.4, -0.2) is 4.57 Å². The van der Waals surface area contributed by atoms with Gasteiger partial charge in [0.1, 0.15) is 0 Å². The fraction of sp³-hybridized carbons (Fsp3) is 0.0337. The molecule has 0 saturated heterocycles. The molecule has 4 nitrogen and oxygen atoms in total. The fourth-order valence-electron chi connectivity index (χ4n) is 14.2. The first-order valence-corrected chi connectivity index (χ1v) is 32.1. The molecule has 0 radical (unpaired) electrons. The van der Waals surface area contributed by atoms with Crippen LogP contribution in [0.25, 0.3) is 82.4 Å². The van der Waals surface area contributed by atoms with Gasteiger partial charge in [0.2, 0.25) is 0 Å². The van der Waals surface area contributed by atoms with E-state index in [1.54, 1.807) is 0 Å². The standard InChI is InChI=1S/C51H38N2.C38H28N2/c1-51(2)47-19-11-9-17-43(47)44-31-30-42(34-48(44)51)52(40-26-21-36(22-27-40)35-13-5-3-6-14-35)41-28-23-37(24-29-41)38-25-32-50-46(33-38)45-18-10-12-20-49(45)53(50)39-15-7-4-8-16-39;1-5-17-29(18-6-1)39(30-19-7-2-8-20-30)37-33-25-13-15-27-35(33)38(36-28-16-14-26-34(36)37)40(31-21-9-3-10-22-31)32-23-11-4-12-24-32/h3-34H,1-2H3;1-28H. The van der Waals surface area contributed by atoms with Crippen molar-refractivity contribution in [3.8, 4) is 39.1 Å². The average Bonchev–Trinajstić information content (AvgIpc) is 1.75. The molecule has 0 amide bonds. The van der Waals surface area contributed by atoms with E-state index >= 15 is 0 Å². The maximum atomic E-state index is 2.41. The van der Waals surface area contributed by atoms with E-state index < -0.39 is 0 Å². The van der Waals surface area contributed by atoms with Gasteiger partial charge in [0.15, 0.2) is 0 Å². The zero-order valence-corrected chi connectivity index (χ0v) is 51.9. The zero-order valence-electron chi connectivity index (χ0n) is 51.9. The van der Waals surface area contributed by atoms with Crippen molar-refractivity contribution in [2.24, 2.45) is 0 Å². The van der Waals surface area contributed by atoms with E-state index in [1.165, 1.54) is 105 Å². The van der Waals surface area contributed by atoms with Crippen LogP contribution < -0.4 is 14.7 Å². The van der Waals surface area contributed by atoms with Crippen molar-refractivity contribution in [1.29, 1.82) is 0 Å². The summed E-state index contributed by atoms with van der Waals surface area (Å²) >= 11 is 0. The molecule has 0 spiro atoms. The minimum Gasteiger partial charge on any atom is -0.310 e. The smallest absolute Gasteiger partial charge is 0.0619 e. The first-order valence-electron chi connectivity index (χ1n) is 32.1. The molecule has 15 aromatic carbocycles. The van der Waals surface area contributed by atoms with Gasteiger partial charge in [-0.1, -0.05) is 263 Å². The minimum atomic E-state index is -0.0864. The maximum Gasteiger partial charge on any atom is 0.0619 e. The summed E-state index contributed by atoms with van der Waals surface area (Å²) in [4.78, 5) is 7.18. The highest BCUT2D eigenvalue weighted by Gasteiger charge is 2.36. The van der Waals surface area contributed by atoms with Crippen LogP contribution in [0.2, 0.25) is 0 Å². The third-order valence-electron chi connectivity index (χ3n) is 18.6. The highest BCUT2D eigenvalue weighted by molar-refractivity contribution is 6.23. The Labute approximate surface area is 544 Å². The second-order valence-electron chi connectivity index (χ2n) is 24.4. The molecule has 0 saturated carbocycles. The highest BCUT2D eigenvalue weighted by Crippen LogP contribution is 2.53. The van der Waals surface area contributed by atoms with Crippen molar-refractivity contribution in [3.05, 3.63) is 375 Å². The lowest BCUT2D eigenvalue weighted by Crippen LogP contribution is -2.16. The lowest BCUT2D eigenvalue weighted by atomic mass is 9.82. The van der Waals surface area contributed by atoms with Crippen LogP contribution in [0, 0.1) is 0 Å². The summed E-state index contributed by atoms with van der Waals surface area (Å²) in [5.41, 5.74) is 24.0. The molecule has 17 rings (SSSR count). The van der Waals surface area contributed by atoms with Gasteiger partial charge in [0.05, 0.1) is 22.4 Å². The molecular formula is C89H66N4. The van der Waals surface area contributed by atoms with Crippen molar-refractivity contribution in [2.75, 3.05) is 14.7 Å². The van der Waals surface area contributed by atoms with Crippen molar-refractivity contribution in [1.82, 2.24) is 4.57 Å². The topological polar surface area (TPSA) is 14.7 Å². The highest BCUT2D eigenvalue weighted by atomic mass is 15.2. The first kappa shape index (κ1) is 56.3. The second-order valence-corrected chi connectivity index (χ2v) is 24.4. The molecule has 1 aliphatic rings. The van der Waals surface area contributed by atoms with E-state index in [0.717, 1.165) is 39.8 Å². The Bertz CT molecular complexity index is 5040. The van der Waals surface area contributed by atoms with Gasteiger partial charge in [-0.3, -0.25) is 0 Å². The SMILES string of the molecule is CC1(C)c2ccccc2-c2ccc(N(c3ccc(-c4ccccc4)cc3)c3ccc(-c4ccc5c(c4)c4ccccc4n5-c4ccccc4)cc3)cc21.c1ccc(N(c2ccccc2)c2c3ccccc3c(N(c3ccccc3)c3ccccc3)c3ccccc23)cc1. The first-order chi connectivity index (χ1) is 45.9. The second kappa shape index (κ2) is 24.1. The van der Waals surface area contributed by atoms with Gasteiger partial charge in [-0.15, -0.1) is 0 Å². The number of para-hydroxylation sites is 6. The Hall–Kier alpha value is -12.0. The molecule has 93 heavy (non-hydrogen) atoms. The van der Waals surface area contributed by atoms with Crippen LogP contribution in [0.15, 0.2) is 364 Å². The van der Waals surface area contributed by atoms with Crippen molar-refractivity contribution in [3.63, 3.8) is 0 Å². The molecule has 0 bridgehead atoms. The Morgan fingerprint density at radius 1 is 0.226 bits per heavy atom. The third-order valence-corrected chi connectivity index (χ3v) is 18.6. The summed E-state index contributed by atoms with van der Waals surface area (Å²) < 4.78 is 2.37. The number of hydrogen-bond donors (Lipinski definition) is 0. The van der Waals surface area contributed by atoms with Crippen LogP contribution in [0.4, 0.5) is 51.2 Å². The Kier molecular flexibility index (Phi) is 14.6. The predicted molar refractivity (Wildman–Crippen MR) is 395 cm³/mol. The summed E-state index contributed by atoms with van der Waals surface area (Å²) in [6.45, 7) is 4.70. The summed E-state index contributed by atoms with van der Waals surface area (Å²) in [5.74, 6) is 0. The van der Waals surface area contributed by atoms with E-state index in [1.807, 2.05) is 0 Å². The van der Waals surface area contributed by atoms with E-state index in [-0.39, 0.29) is 5.41 Å². The van der Waals surface area contributed by atoms with Crippen LogP contribution >= 0.6 is 0 Å². The fourth-order valence-corrected chi connectivity index (χ4v) is 14.2. The number of fused-ring (bicyclic) bond motifs is 8. The number of aromatic nitrogens is 1. The molecule has 0 N–H and O–H groups in total. The van der Waals surface area contributed by atoms with Crippen molar-refractivity contribution >= 4 is 94.5 Å². The van der Waals surface area contributed by atoms with Crippen molar-refractivity contribution < 1.29 is 0 Å². The molecule has 0 aliphatic heterocycles. The van der Waals surface area contributed by atoms with Crippen LogP contribution in [0.1, 0.15) is 25.0 Å². The molecule has 16 aromatic rings. The van der Waals surface area contributed by atoms with Gasteiger partial charge in [-0.2, -0.15) is 0 Å². The van der Waals surface area contributed by atoms with Gasteiger partial charge in [0.25, 0.3) is 0 Å². The summed E-state index contributed by atoms with van der Waals surface area (Å²) in [7, 11) is 0. The monoisotopic (exact) mass is 1190 g/mol.